The molecule has 0 aromatic heterocycles. The van der Waals surface area contributed by atoms with Gasteiger partial charge in [0.2, 0.25) is 0 Å². The summed E-state index contributed by atoms with van der Waals surface area (Å²) in [6.07, 6.45) is 0.493. The SMILES string of the molecule is CCC[C@@H]1CO[C@H](C(=O)OC2c3ccccc3-c3ccccc32)C2=C1O[Si](c1ccccc1)(c1ccccc1)c1ccccc12. The molecule has 222 valence electrons. The number of ether oxygens (including phenoxy) is 2. The molecule has 1 aliphatic carbocycles. The maximum Gasteiger partial charge on any atom is 0.347 e. The fourth-order valence-corrected chi connectivity index (χ4v) is 11.6. The molecule has 45 heavy (non-hydrogen) atoms. The van der Waals surface area contributed by atoms with Crippen molar-refractivity contribution in [1.82, 2.24) is 0 Å². The van der Waals surface area contributed by atoms with Gasteiger partial charge < -0.3 is 13.9 Å². The van der Waals surface area contributed by atoms with Gasteiger partial charge >= 0.3 is 14.3 Å². The Morgan fingerprint density at radius 1 is 0.711 bits per heavy atom. The fraction of sp³-hybridized carbons (Fsp3) is 0.175. The van der Waals surface area contributed by atoms with Crippen molar-refractivity contribution in [2.24, 2.45) is 5.92 Å². The summed E-state index contributed by atoms with van der Waals surface area (Å²) in [7, 11) is -3.00. The summed E-state index contributed by atoms with van der Waals surface area (Å²) in [4.78, 5) is 14.4. The van der Waals surface area contributed by atoms with Crippen LogP contribution in [0, 0.1) is 5.92 Å². The highest BCUT2D eigenvalue weighted by Gasteiger charge is 2.53. The largest absolute Gasteiger partial charge is 0.533 e. The number of carbonyl (C=O) groups is 1. The van der Waals surface area contributed by atoms with Gasteiger partial charge in [0, 0.05) is 22.6 Å². The topological polar surface area (TPSA) is 44.8 Å². The Balaban J connectivity index is 1.27. The molecule has 5 aromatic rings. The summed E-state index contributed by atoms with van der Waals surface area (Å²) < 4.78 is 20.5. The monoisotopic (exact) mass is 606 g/mol. The summed E-state index contributed by atoms with van der Waals surface area (Å²) in [5.74, 6) is 0.533. The zero-order chi connectivity index (χ0) is 30.4. The van der Waals surface area contributed by atoms with E-state index in [0.717, 1.165) is 57.2 Å². The first kappa shape index (κ1) is 27.8. The highest BCUT2D eigenvalue weighted by atomic mass is 28.4. The molecule has 5 heteroatoms. The maximum absolute atomic E-state index is 14.4. The van der Waals surface area contributed by atoms with E-state index in [0.29, 0.717) is 6.61 Å². The molecule has 3 aliphatic rings. The van der Waals surface area contributed by atoms with Crippen molar-refractivity contribution >= 4 is 35.4 Å². The van der Waals surface area contributed by atoms with Crippen LogP contribution < -0.4 is 15.6 Å². The van der Waals surface area contributed by atoms with Crippen LogP contribution in [0.25, 0.3) is 16.7 Å². The van der Waals surface area contributed by atoms with E-state index in [1.807, 2.05) is 24.3 Å². The minimum absolute atomic E-state index is 0.0367. The Hall–Kier alpha value is -4.71. The number of benzene rings is 5. The third-order valence-electron chi connectivity index (χ3n) is 9.44. The Labute approximate surface area is 265 Å². The summed E-state index contributed by atoms with van der Waals surface area (Å²) in [6.45, 7) is 2.59. The summed E-state index contributed by atoms with van der Waals surface area (Å²) in [5.41, 5.74) is 6.04. The number of hydrogen-bond donors (Lipinski definition) is 0. The molecule has 0 amide bonds. The number of fused-ring (bicyclic) bond motifs is 5. The highest BCUT2D eigenvalue weighted by Crippen LogP contribution is 2.47. The molecule has 0 bridgehead atoms. The van der Waals surface area contributed by atoms with Crippen molar-refractivity contribution in [3.8, 4) is 11.1 Å². The molecule has 0 saturated carbocycles. The Morgan fingerprint density at radius 3 is 1.84 bits per heavy atom. The molecule has 2 atom stereocenters. The fourth-order valence-electron chi connectivity index (χ4n) is 7.48. The van der Waals surface area contributed by atoms with Crippen molar-refractivity contribution < 1.29 is 18.7 Å². The second-order valence-corrected chi connectivity index (χ2v) is 15.3. The quantitative estimate of drug-likeness (QED) is 0.163. The van der Waals surface area contributed by atoms with Gasteiger partial charge in [0.05, 0.1) is 12.4 Å². The molecule has 2 aliphatic heterocycles. The smallest absolute Gasteiger partial charge is 0.347 e. The molecule has 0 radical (unpaired) electrons. The zero-order valence-corrected chi connectivity index (χ0v) is 26.2. The van der Waals surface area contributed by atoms with E-state index in [1.54, 1.807) is 0 Å². The van der Waals surface area contributed by atoms with Crippen LogP contribution in [-0.4, -0.2) is 27.0 Å². The van der Waals surface area contributed by atoms with Crippen LogP contribution in [0.5, 0.6) is 0 Å². The standard InChI is InChI=1S/C40H34O4Si/c1-2-15-27-26-42-39(40(41)43-38-32-22-11-9-20-30(32)31-21-10-12-23-33(31)38)36-34-24-13-14-25-35(34)45(44-37(27)36,28-16-5-3-6-17-28)29-18-7-4-8-19-29/h3-14,16-25,27,38-39H,2,15,26H2,1H3/t27-,39+/m1/s1. The van der Waals surface area contributed by atoms with Crippen LogP contribution in [-0.2, 0) is 18.7 Å². The molecule has 2 heterocycles. The van der Waals surface area contributed by atoms with Gasteiger partial charge in [-0.05, 0) is 38.7 Å². The van der Waals surface area contributed by atoms with Gasteiger partial charge in [-0.3, -0.25) is 0 Å². The summed E-state index contributed by atoms with van der Waals surface area (Å²) in [5, 5.41) is 3.47. The van der Waals surface area contributed by atoms with Crippen molar-refractivity contribution in [2.75, 3.05) is 6.61 Å². The average Bonchev–Trinajstić information content (AvgIpc) is 3.42. The molecular formula is C40H34O4Si. The molecule has 0 saturated heterocycles. The first-order chi connectivity index (χ1) is 22.2. The van der Waals surface area contributed by atoms with Crippen LogP contribution in [0.15, 0.2) is 139 Å². The average molecular weight is 607 g/mol. The predicted octanol–water partition coefficient (Wildman–Crippen LogP) is 6.52. The van der Waals surface area contributed by atoms with E-state index < -0.39 is 20.5 Å². The summed E-state index contributed by atoms with van der Waals surface area (Å²) in [6, 6.07) is 46.0. The minimum Gasteiger partial charge on any atom is -0.533 e. The van der Waals surface area contributed by atoms with Crippen LogP contribution in [0.4, 0.5) is 0 Å². The second-order valence-electron chi connectivity index (χ2n) is 12.0. The van der Waals surface area contributed by atoms with Crippen LogP contribution in [0.1, 0.15) is 42.6 Å². The predicted molar refractivity (Wildman–Crippen MR) is 180 cm³/mol. The first-order valence-corrected chi connectivity index (χ1v) is 17.8. The molecule has 0 spiro atoms. The van der Waals surface area contributed by atoms with Gasteiger partial charge in [0.25, 0.3) is 0 Å². The molecule has 0 fully saturated rings. The van der Waals surface area contributed by atoms with E-state index in [1.165, 1.54) is 10.4 Å². The lowest BCUT2D eigenvalue weighted by Crippen LogP contribution is -2.71. The normalized spacial score (nSPS) is 19.5. The van der Waals surface area contributed by atoms with Crippen molar-refractivity contribution in [3.63, 3.8) is 0 Å². The molecule has 4 nitrogen and oxygen atoms in total. The molecule has 0 unspecified atom stereocenters. The highest BCUT2D eigenvalue weighted by molar-refractivity contribution is 7.07. The van der Waals surface area contributed by atoms with Gasteiger partial charge in [0.15, 0.2) is 12.2 Å². The van der Waals surface area contributed by atoms with Crippen molar-refractivity contribution in [2.45, 2.75) is 32.0 Å². The minimum atomic E-state index is -3.00. The number of carbonyl (C=O) groups excluding carboxylic acids is 1. The van der Waals surface area contributed by atoms with Crippen molar-refractivity contribution in [1.29, 1.82) is 0 Å². The van der Waals surface area contributed by atoms with Crippen LogP contribution >= 0.6 is 0 Å². The summed E-state index contributed by atoms with van der Waals surface area (Å²) >= 11 is 0. The van der Waals surface area contributed by atoms with Crippen molar-refractivity contribution in [3.05, 3.63) is 156 Å². The lowest BCUT2D eigenvalue weighted by Gasteiger charge is -2.45. The number of esters is 1. The van der Waals surface area contributed by atoms with Crippen LogP contribution in [0.2, 0.25) is 0 Å². The van der Waals surface area contributed by atoms with Gasteiger partial charge in [-0.15, -0.1) is 0 Å². The molecule has 8 rings (SSSR count). The van der Waals surface area contributed by atoms with Gasteiger partial charge in [0.1, 0.15) is 0 Å². The second kappa shape index (κ2) is 11.3. The van der Waals surface area contributed by atoms with E-state index in [2.05, 4.69) is 116 Å². The third-order valence-corrected chi connectivity index (χ3v) is 13.5. The number of rotatable bonds is 6. The molecule has 5 aromatic carbocycles. The Morgan fingerprint density at radius 2 is 1.24 bits per heavy atom. The van der Waals surface area contributed by atoms with E-state index in [-0.39, 0.29) is 11.9 Å². The lowest BCUT2D eigenvalue weighted by molar-refractivity contribution is -0.158. The Bertz CT molecular complexity index is 1830. The third kappa shape index (κ3) is 4.41. The first-order valence-electron chi connectivity index (χ1n) is 15.8. The van der Waals surface area contributed by atoms with Gasteiger partial charge in [-0.2, -0.15) is 0 Å². The van der Waals surface area contributed by atoms with E-state index in [4.69, 9.17) is 13.9 Å². The maximum atomic E-state index is 14.4. The Kier molecular flexibility index (Phi) is 7.00. The number of hydrogen-bond acceptors (Lipinski definition) is 4. The van der Waals surface area contributed by atoms with E-state index in [9.17, 15) is 4.79 Å². The van der Waals surface area contributed by atoms with Gasteiger partial charge in [-0.1, -0.05) is 147 Å². The van der Waals surface area contributed by atoms with E-state index >= 15 is 0 Å². The zero-order valence-electron chi connectivity index (χ0n) is 25.2. The lowest BCUT2D eigenvalue weighted by atomic mass is 9.89. The molecular weight excluding hydrogens is 573 g/mol. The van der Waals surface area contributed by atoms with Crippen LogP contribution in [0.3, 0.4) is 0 Å². The molecule has 0 N–H and O–H groups in total. The van der Waals surface area contributed by atoms with Gasteiger partial charge in [-0.25, -0.2) is 4.79 Å².